The summed E-state index contributed by atoms with van der Waals surface area (Å²) in [5.41, 5.74) is 4.34. The Morgan fingerprint density at radius 2 is 1.54 bits per heavy atom. The number of rotatable bonds is 3. The minimum absolute atomic E-state index is 0.0224. The molecule has 2 aromatic rings. The maximum absolute atomic E-state index is 13.4. The molecule has 4 aliphatic rings. The molecule has 0 heterocycles. The number of halogens is 1. The zero-order chi connectivity index (χ0) is 19.4. The smallest absolute Gasteiger partial charge is 0.170 e. The number of hydrogen-bond acceptors (Lipinski definition) is 2. The fourth-order valence-electron chi connectivity index (χ4n) is 5.89. The number of aliphatic hydroxyl groups is 1. The maximum atomic E-state index is 13.4. The molecular formula is C25H25FO2. The van der Waals surface area contributed by atoms with E-state index in [9.17, 15) is 14.3 Å². The van der Waals surface area contributed by atoms with Gasteiger partial charge in [0.1, 0.15) is 11.6 Å². The van der Waals surface area contributed by atoms with Gasteiger partial charge in [0, 0.05) is 11.8 Å². The molecule has 4 aliphatic carbocycles. The molecule has 0 spiro atoms. The third-order valence-electron chi connectivity index (χ3n) is 7.28. The molecule has 3 fully saturated rings. The van der Waals surface area contributed by atoms with Gasteiger partial charge in [-0.2, -0.15) is 0 Å². The summed E-state index contributed by atoms with van der Waals surface area (Å²) in [7, 11) is 0. The number of aryl methyl sites for hydroxylation is 1. The molecule has 1 N–H and O–H groups in total. The van der Waals surface area contributed by atoms with Crippen LogP contribution >= 0.6 is 0 Å². The van der Waals surface area contributed by atoms with E-state index in [-0.39, 0.29) is 23.4 Å². The number of carbonyl (C=O) groups excluding carboxylic acids is 1. The number of allylic oxidation sites excluding steroid dienone is 2. The normalized spacial score (nSPS) is 28.7. The zero-order valence-corrected chi connectivity index (χ0v) is 16.1. The van der Waals surface area contributed by atoms with Crippen molar-refractivity contribution < 1.29 is 14.3 Å². The summed E-state index contributed by atoms with van der Waals surface area (Å²) in [6.07, 6.45) is 5.30. The number of fused-ring (bicyclic) bond motifs is 2. The maximum Gasteiger partial charge on any atom is 0.170 e. The summed E-state index contributed by atoms with van der Waals surface area (Å²) in [5, 5.41) is 11.2. The lowest BCUT2D eigenvalue weighted by Gasteiger charge is -2.44. The number of Topliss-reactive ketones (excluding diaryl/α,β-unsaturated/α-hetero) is 1. The lowest BCUT2D eigenvalue weighted by atomic mass is 9.59. The van der Waals surface area contributed by atoms with Crippen LogP contribution in [-0.2, 0) is 11.2 Å². The zero-order valence-electron chi connectivity index (χ0n) is 16.1. The lowest BCUT2D eigenvalue weighted by molar-refractivity contribution is -0.123. The first kappa shape index (κ1) is 17.7. The summed E-state index contributed by atoms with van der Waals surface area (Å²) >= 11 is 0. The van der Waals surface area contributed by atoms with Crippen molar-refractivity contribution in [1.82, 2.24) is 0 Å². The largest absolute Gasteiger partial charge is 0.511 e. The van der Waals surface area contributed by atoms with Crippen LogP contribution in [0.2, 0.25) is 0 Å². The van der Waals surface area contributed by atoms with Crippen LogP contribution in [0.3, 0.4) is 0 Å². The van der Waals surface area contributed by atoms with E-state index in [4.69, 9.17) is 0 Å². The first-order valence-corrected chi connectivity index (χ1v) is 10.4. The Labute approximate surface area is 165 Å². The number of ketones is 1. The van der Waals surface area contributed by atoms with Gasteiger partial charge in [-0.25, -0.2) is 4.39 Å². The highest BCUT2D eigenvalue weighted by molar-refractivity contribution is 6.25. The van der Waals surface area contributed by atoms with Gasteiger partial charge in [-0.05, 0) is 84.4 Å². The highest BCUT2D eigenvalue weighted by Gasteiger charge is 2.54. The highest BCUT2D eigenvalue weighted by Crippen LogP contribution is 2.57. The highest BCUT2D eigenvalue weighted by atomic mass is 19.1. The number of carbonyl (C=O) groups is 1. The molecule has 3 saturated carbocycles. The van der Waals surface area contributed by atoms with E-state index >= 15 is 0 Å². The Morgan fingerprint density at radius 1 is 0.929 bits per heavy atom. The van der Waals surface area contributed by atoms with Gasteiger partial charge in [-0.15, -0.1) is 0 Å². The van der Waals surface area contributed by atoms with E-state index in [1.165, 1.54) is 12.1 Å². The molecule has 6 rings (SSSR count). The van der Waals surface area contributed by atoms with Gasteiger partial charge in [0.2, 0.25) is 0 Å². The lowest BCUT2D eigenvalue weighted by Crippen LogP contribution is -2.41. The molecular weight excluding hydrogens is 351 g/mol. The number of hydrogen-bond donors (Lipinski definition) is 1. The first-order chi connectivity index (χ1) is 13.6. The van der Waals surface area contributed by atoms with Gasteiger partial charge >= 0.3 is 0 Å². The van der Waals surface area contributed by atoms with Crippen molar-refractivity contribution in [3.8, 4) is 11.1 Å². The van der Waals surface area contributed by atoms with Crippen LogP contribution in [0.5, 0.6) is 0 Å². The Morgan fingerprint density at radius 3 is 2.14 bits per heavy atom. The van der Waals surface area contributed by atoms with Gasteiger partial charge < -0.3 is 5.11 Å². The predicted molar refractivity (Wildman–Crippen MR) is 108 cm³/mol. The van der Waals surface area contributed by atoms with Crippen LogP contribution in [0.4, 0.5) is 4.39 Å². The molecule has 2 nitrogen and oxygen atoms in total. The molecule has 3 heteroatoms. The molecule has 0 saturated heterocycles. The number of aliphatic hydroxyl groups excluding tert-OH is 1. The molecule has 1 unspecified atom stereocenters. The molecule has 2 aromatic carbocycles. The molecule has 144 valence electrons. The number of benzene rings is 2. The van der Waals surface area contributed by atoms with Crippen LogP contribution in [-0.4, -0.2) is 10.9 Å². The van der Waals surface area contributed by atoms with Crippen LogP contribution < -0.4 is 0 Å². The van der Waals surface area contributed by atoms with Gasteiger partial charge in [0.15, 0.2) is 5.78 Å². The van der Waals surface area contributed by atoms with Crippen molar-refractivity contribution in [1.29, 1.82) is 0 Å². The van der Waals surface area contributed by atoms with Crippen molar-refractivity contribution in [2.24, 2.45) is 23.7 Å². The van der Waals surface area contributed by atoms with E-state index in [1.54, 1.807) is 12.1 Å². The predicted octanol–water partition coefficient (Wildman–Crippen LogP) is 5.96. The van der Waals surface area contributed by atoms with Gasteiger partial charge in [0.25, 0.3) is 0 Å². The Bertz CT molecular complexity index is 965. The second kappa shape index (κ2) is 6.58. The molecule has 0 radical (unpaired) electrons. The molecule has 28 heavy (non-hydrogen) atoms. The van der Waals surface area contributed by atoms with Crippen LogP contribution in [0.25, 0.3) is 16.7 Å². The van der Waals surface area contributed by atoms with Crippen molar-refractivity contribution in [3.05, 3.63) is 65.2 Å². The molecule has 0 aromatic heterocycles. The van der Waals surface area contributed by atoms with Gasteiger partial charge in [-0.1, -0.05) is 31.2 Å². The van der Waals surface area contributed by atoms with Crippen LogP contribution in [0.1, 0.15) is 43.7 Å². The standard InChI is InChI=1S/C25H25FO2/c1-2-14-3-8-18(15-9-11-19(26)12-10-15)13-20(14)23-24(27)21-16-4-5-17(7-6-16)22(21)25(23)28/h3,8-13,16-17,21-22,27H,2,4-7H2,1H3/t16?,17?,21?,22-/m1/s1. The van der Waals surface area contributed by atoms with Crippen LogP contribution in [0.15, 0.2) is 48.2 Å². The van der Waals surface area contributed by atoms with Crippen molar-refractivity contribution >= 4 is 11.4 Å². The van der Waals surface area contributed by atoms with Crippen molar-refractivity contribution in [2.45, 2.75) is 39.0 Å². The van der Waals surface area contributed by atoms with Gasteiger partial charge in [-0.3, -0.25) is 4.79 Å². The van der Waals surface area contributed by atoms with Crippen LogP contribution in [0, 0.1) is 29.5 Å². The molecule has 0 aliphatic heterocycles. The Hall–Kier alpha value is -2.42. The molecule has 2 bridgehead atoms. The first-order valence-electron chi connectivity index (χ1n) is 10.4. The summed E-state index contributed by atoms with van der Waals surface area (Å²) < 4.78 is 13.3. The quantitative estimate of drug-likeness (QED) is 0.718. The average molecular weight is 376 g/mol. The minimum atomic E-state index is -0.264. The summed E-state index contributed by atoms with van der Waals surface area (Å²) in [6.45, 7) is 2.07. The fourth-order valence-corrected chi connectivity index (χ4v) is 5.89. The third-order valence-corrected chi connectivity index (χ3v) is 7.28. The Kier molecular flexibility index (Phi) is 4.15. The van der Waals surface area contributed by atoms with E-state index in [2.05, 4.69) is 6.92 Å². The Balaban J connectivity index is 1.63. The van der Waals surface area contributed by atoms with Gasteiger partial charge in [0.05, 0.1) is 5.57 Å². The molecule has 0 amide bonds. The average Bonchev–Trinajstić information content (AvgIpc) is 3.01. The SMILES string of the molecule is CCc1ccc(-c2ccc(F)cc2)cc1C1=C(O)C2C3CCC(CC3)[C@H]2C1=O. The van der Waals surface area contributed by atoms with E-state index in [0.717, 1.165) is 54.4 Å². The summed E-state index contributed by atoms with van der Waals surface area (Å²) in [4.78, 5) is 13.4. The van der Waals surface area contributed by atoms with E-state index in [0.29, 0.717) is 23.2 Å². The fraction of sp³-hybridized carbons (Fsp3) is 0.400. The van der Waals surface area contributed by atoms with Crippen molar-refractivity contribution in [3.63, 3.8) is 0 Å². The third kappa shape index (κ3) is 2.56. The molecule has 2 atom stereocenters. The topological polar surface area (TPSA) is 37.3 Å². The second-order valence-electron chi connectivity index (χ2n) is 8.58. The van der Waals surface area contributed by atoms with E-state index in [1.807, 2.05) is 18.2 Å². The monoisotopic (exact) mass is 376 g/mol. The van der Waals surface area contributed by atoms with E-state index < -0.39 is 0 Å². The summed E-state index contributed by atoms with van der Waals surface area (Å²) in [5.74, 6) is 1.07. The van der Waals surface area contributed by atoms with Crippen molar-refractivity contribution in [2.75, 3.05) is 0 Å². The minimum Gasteiger partial charge on any atom is -0.511 e. The summed E-state index contributed by atoms with van der Waals surface area (Å²) in [6, 6.07) is 12.5. The second-order valence-corrected chi connectivity index (χ2v) is 8.58.